The van der Waals surface area contributed by atoms with Crippen molar-refractivity contribution in [1.29, 1.82) is 0 Å². The molecule has 4 rings (SSSR count). The van der Waals surface area contributed by atoms with Gasteiger partial charge >= 0.3 is 5.97 Å². The zero-order chi connectivity index (χ0) is 24.1. The minimum Gasteiger partial charge on any atom is -0.478 e. The smallest absolute Gasteiger partial charge is 0.335 e. The van der Waals surface area contributed by atoms with Gasteiger partial charge in [-0.1, -0.05) is 48.5 Å². The molecule has 0 unspecified atom stereocenters. The van der Waals surface area contributed by atoms with E-state index < -0.39 is 16.8 Å². The number of rotatable bonds is 8. The van der Waals surface area contributed by atoms with Crippen LogP contribution in [-0.2, 0) is 17.8 Å². The fourth-order valence-electron chi connectivity index (χ4n) is 3.73. The Morgan fingerprint density at radius 3 is 2.62 bits per heavy atom. The number of carbonyl (C=O) groups is 2. The topological polar surface area (TPSA) is 127 Å². The summed E-state index contributed by atoms with van der Waals surface area (Å²) in [5.41, 5.74) is 5.36. The maximum absolute atomic E-state index is 12.3. The molecule has 9 nitrogen and oxygen atoms in total. The van der Waals surface area contributed by atoms with Crippen molar-refractivity contribution in [3.8, 4) is 0 Å². The van der Waals surface area contributed by atoms with Crippen LogP contribution in [0, 0.1) is 10.1 Å². The summed E-state index contributed by atoms with van der Waals surface area (Å²) in [6, 6.07) is 20.5. The van der Waals surface area contributed by atoms with E-state index in [9.17, 15) is 24.8 Å². The Hall–Kier alpha value is -4.79. The summed E-state index contributed by atoms with van der Waals surface area (Å²) in [5, 5.41) is 25.3. The van der Waals surface area contributed by atoms with Crippen LogP contribution in [0.4, 0.5) is 5.69 Å². The van der Waals surface area contributed by atoms with E-state index in [0.717, 1.165) is 22.0 Å². The number of carbonyl (C=O) groups excluding carboxylic acids is 1. The van der Waals surface area contributed by atoms with Crippen molar-refractivity contribution in [3.63, 3.8) is 0 Å². The lowest BCUT2D eigenvalue weighted by Gasteiger charge is -2.06. The number of hydrazone groups is 1. The van der Waals surface area contributed by atoms with E-state index >= 15 is 0 Å². The number of nitrogens with one attached hydrogen (secondary N) is 1. The number of aromatic nitrogens is 1. The zero-order valence-corrected chi connectivity index (χ0v) is 17.9. The molecule has 34 heavy (non-hydrogen) atoms. The first kappa shape index (κ1) is 22.4. The molecule has 2 N–H and O–H groups in total. The van der Waals surface area contributed by atoms with E-state index in [-0.39, 0.29) is 17.7 Å². The third kappa shape index (κ3) is 4.99. The molecule has 0 fully saturated rings. The number of nitro groups is 1. The molecule has 0 radical (unpaired) electrons. The monoisotopic (exact) mass is 456 g/mol. The molecule has 0 aliphatic heterocycles. The Balaban J connectivity index is 1.52. The number of fused-ring (bicyclic) bond motifs is 1. The Labute approximate surface area is 194 Å². The average Bonchev–Trinajstić information content (AvgIpc) is 3.17. The first-order valence-corrected chi connectivity index (χ1v) is 10.4. The molecule has 9 heteroatoms. The predicted octanol–water partition coefficient (Wildman–Crippen LogP) is 3.99. The number of nitro benzene ring substituents is 1. The lowest BCUT2D eigenvalue weighted by molar-refractivity contribution is -0.385. The lowest BCUT2D eigenvalue weighted by atomic mass is 10.1. The zero-order valence-electron chi connectivity index (χ0n) is 17.9. The van der Waals surface area contributed by atoms with Gasteiger partial charge in [0.25, 0.3) is 5.69 Å². The summed E-state index contributed by atoms with van der Waals surface area (Å²) in [7, 11) is 0. The molecular weight excluding hydrogens is 436 g/mol. The van der Waals surface area contributed by atoms with Crippen LogP contribution in [0.5, 0.6) is 0 Å². The third-order valence-electron chi connectivity index (χ3n) is 5.28. The van der Waals surface area contributed by atoms with Gasteiger partial charge < -0.3 is 9.67 Å². The maximum Gasteiger partial charge on any atom is 0.335 e. The van der Waals surface area contributed by atoms with Crippen LogP contribution in [0.15, 0.2) is 84.1 Å². The van der Waals surface area contributed by atoms with E-state index in [1.807, 2.05) is 41.1 Å². The van der Waals surface area contributed by atoms with Crippen LogP contribution in [0.25, 0.3) is 10.9 Å². The standard InChI is InChI=1S/C25H20N4O5/c30-24(13-18-7-1-3-10-22(18)29(33)34)27-26-14-20-16-28(23-11-4-2-9-21(20)23)15-17-6-5-8-19(12-17)25(31)32/h1-12,14,16H,13,15H2,(H,27,30)(H,31,32)/b26-14+. The second-order valence-electron chi connectivity index (χ2n) is 7.59. The molecule has 170 valence electrons. The molecule has 0 saturated carbocycles. The number of para-hydroxylation sites is 2. The van der Waals surface area contributed by atoms with Gasteiger partial charge in [-0.3, -0.25) is 14.9 Å². The molecule has 0 bridgehead atoms. The number of hydrogen-bond acceptors (Lipinski definition) is 5. The summed E-state index contributed by atoms with van der Waals surface area (Å²) < 4.78 is 1.98. The highest BCUT2D eigenvalue weighted by atomic mass is 16.6. The molecule has 0 atom stereocenters. The highest BCUT2D eigenvalue weighted by Gasteiger charge is 2.15. The van der Waals surface area contributed by atoms with Gasteiger partial charge in [0.1, 0.15) is 0 Å². The van der Waals surface area contributed by atoms with Crippen LogP contribution in [0.1, 0.15) is 27.0 Å². The van der Waals surface area contributed by atoms with E-state index in [4.69, 9.17) is 0 Å². The molecule has 0 spiro atoms. The molecule has 1 heterocycles. The molecule has 1 amide bonds. The van der Waals surface area contributed by atoms with Gasteiger partial charge in [-0.15, -0.1) is 0 Å². The second-order valence-corrected chi connectivity index (χ2v) is 7.59. The molecule has 0 aliphatic rings. The van der Waals surface area contributed by atoms with Crippen molar-refractivity contribution >= 4 is 34.7 Å². The molecule has 1 aromatic heterocycles. The van der Waals surface area contributed by atoms with Crippen LogP contribution in [0.3, 0.4) is 0 Å². The van der Waals surface area contributed by atoms with Gasteiger partial charge in [0, 0.05) is 40.8 Å². The quantitative estimate of drug-likeness (QED) is 0.235. The first-order chi connectivity index (χ1) is 16.4. The summed E-state index contributed by atoms with van der Waals surface area (Å²) in [5.74, 6) is -1.46. The fourth-order valence-corrected chi connectivity index (χ4v) is 3.73. The summed E-state index contributed by atoms with van der Waals surface area (Å²) >= 11 is 0. The van der Waals surface area contributed by atoms with Crippen molar-refractivity contribution in [1.82, 2.24) is 9.99 Å². The van der Waals surface area contributed by atoms with Crippen molar-refractivity contribution in [3.05, 3.63) is 111 Å². The van der Waals surface area contributed by atoms with Crippen molar-refractivity contribution < 1.29 is 19.6 Å². The number of hydrogen-bond donors (Lipinski definition) is 2. The molecular formula is C25H20N4O5. The Morgan fingerprint density at radius 1 is 1.06 bits per heavy atom. The number of amides is 1. The Kier molecular flexibility index (Phi) is 6.45. The predicted molar refractivity (Wildman–Crippen MR) is 127 cm³/mol. The van der Waals surface area contributed by atoms with Gasteiger partial charge in [0.15, 0.2) is 0 Å². The van der Waals surface area contributed by atoms with Crippen LogP contribution >= 0.6 is 0 Å². The van der Waals surface area contributed by atoms with Gasteiger partial charge in [-0.05, 0) is 23.8 Å². The van der Waals surface area contributed by atoms with Crippen molar-refractivity contribution in [2.24, 2.45) is 5.10 Å². The van der Waals surface area contributed by atoms with Gasteiger partial charge in [-0.2, -0.15) is 5.10 Å². The highest BCUT2D eigenvalue weighted by Crippen LogP contribution is 2.22. The largest absolute Gasteiger partial charge is 0.478 e. The molecule has 4 aromatic rings. The van der Waals surface area contributed by atoms with E-state index in [1.54, 1.807) is 30.3 Å². The number of carboxylic acid groups (broad SMARTS) is 1. The number of carboxylic acids is 1. The van der Waals surface area contributed by atoms with Crippen molar-refractivity contribution in [2.45, 2.75) is 13.0 Å². The van der Waals surface area contributed by atoms with E-state index in [0.29, 0.717) is 12.1 Å². The van der Waals surface area contributed by atoms with E-state index in [1.165, 1.54) is 18.3 Å². The fraction of sp³-hybridized carbons (Fsp3) is 0.0800. The minimum atomic E-state index is -0.983. The summed E-state index contributed by atoms with van der Waals surface area (Å²) in [6.07, 6.45) is 3.22. The Bertz CT molecular complexity index is 1420. The average molecular weight is 456 g/mol. The molecule has 0 saturated heterocycles. The highest BCUT2D eigenvalue weighted by molar-refractivity contribution is 5.99. The lowest BCUT2D eigenvalue weighted by Crippen LogP contribution is -2.20. The van der Waals surface area contributed by atoms with Crippen molar-refractivity contribution in [2.75, 3.05) is 0 Å². The molecule has 0 aliphatic carbocycles. The number of aromatic carboxylic acids is 1. The SMILES string of the molecule is O=C(Cc1ccccc1[N+](=O)[O-])N/N=C/c1cn(Cc2cccc(C(=O)O)c2)c2ccccc12. The summed E-state index contributed by atoms with van der Waals surface area (Å²) in [4.78, 5) is 34.1. The van der Waals surface area contributed by atoms with Crippen LogP contribution < -0.4 is 5.43 Å². The maximum atomic E-state index is 12.3. The summed E-state index contributed by atoms with van der Waals surface area (Å²) in [6.45, 7) is 0.458. The van der Waals surface area contributed by atoms with Gasteiger partial charge in [-0.25, -0.2) is 10.2 Å². The van der Waals surface area contributed by atoms with Gasteiger partial charge in [0.2, 0.25) is 5.91 Å². The van der Waals surface area contributed by atoms with E-state index in [2.05, 4.69) is 10.5 Å². The van der Waals surface area contributed by atoms with Gasteiger partial charge in [0.05, 0.1) is 23.1 Å². The normalized spacial score (nSPS) is 11.1. The number of nitrogens with zero attached hydrogens (tertiary/aromatic N) is 3. The molecule has 3 aromatic carbocycles. The van der Waals surface area contributed by atoms with Crippen LogP contribution in [-0.4, -0.2) is 32.7 Å². The van der Waals surface area contributed by atoms with Crippen LogP contribution in [0.2, 0.25) is 0 Å². The number of benzene rings is 3. The third-order valence-corrected chi connectivity index (χ3v) is 5.28. The minimum absolute atomic E-state index is 0.114. The first-order valence-electron chi connectivity index (χ1n) is 10.4. The Morgan fingerprint density at radius 2 is 1.82 bits per heavy atom. The second kappa shape index (κ2) is 9.78.